The molecule has 0 spiro atoms. The van der Waals surface area contributed by atoms with Gasteiger partial charge in [-0.2, -0.15) is 0 Å². The van der Waals surface area contributed by atoms with Gasteiger partial charge in [-0.3, -0.25) is 0 Å². The number of hydrogen-bond acceptors (Lipinski definition) is 4. The maximum atomic E-state index is 6.90. The minimum atomic E-state index is 0.719. The van der Waals surface area contributed by atoms with Crippen LogP contribution in [0.4, 0.5) is 11.8 Å². The third-order valence-electron chi connectivity index (χ3n) is 5.24. The summed E-state index contributed by atoms with van der Waals surface area (Å²) in [4.78, 5) is 11.5. The molecule has 1 aliphatic rings. The Morgan fingerprint density at radius 1 is 1.26 bits per heavy atom. The number of nitrogens with one attached hydrogen (secondary N) is 1. The zero-order valence-corrected chi connectivity index (χ0v) is 17.2. The molecule has 0 saturated carbocycles. The van der Waals surface area contributed by atoms with Crippen molar-refractivity contribution in [3.8, 4) is 11.1 Å². The number of fused-ring (bicyclic) bond motifs is 3. The Morgan fingerprint density at radius 2 is 2.07 bits per heavy atom. The van der Waals surface area contributed by atoms with Crippen molar-refractivity contribution in [1.82, 2.24) is 14.5 Å². The Hall–Kier alpha value is -2.27. The van der Waals surface area contributed by atoms with Crippen LogP contribution in [-0.4, -0.2) is 35.2 Å². The first-order chi connectivity index (χ1) is 13.0. The normalized spacial score (nSPS) is 13.5. The molecule has 0 saturated heterocycles. The minimum Gasteiger partial charge on any atom is -0.363 e. The number of imidazole rings is 1. The summed E-state index contributed by atoms with van der Waals surface area (Å²) in [5, 5.41) is 4.13. The van der Waals surface area contributed by atoms with Crippen LogP contribution in [0.1, 0.15) is 30.9 Å². The topological polar surface area (TPSA) is 46.0 Å². The summed E-state index contributed by atoms with van der Waals surface area (Å²) in [5.74, 6) is 1.88. The Morgan fingerprint density at radius 3 is 2.78 bits per heavy atom. The Balaban J connectivity index is 1.95. The van der Waals surface area contributed by atoms with Crippen molar-refractivity contribution in [1.29, 1.82) is 0 Å². The van der Waals surface area contributed by atoms with Gasteiger partial charge in [-0.1, -0.05) is 24.9 Å². The molecule has 3 heterocycles. The number of benzene rings is 1. The third kappa shape index (κ3) is 3.04. The number of rotatable bonds is 4. The number of anilines is 2. The van der Waals surface area contributed by atoms with Crippen molar-refractivity contribution in [3.63, 3.8) is 0 Å². The first kappa shape index (κ1) is 18.1. The highest BCUT2D eigenvalue weighted by Gasteiger charge is 2.22. The van der Waals surface area contributed by atoms with Crippen molar-refractivity contribution in [3.05, 3.63) is 34.5 Å². The third-order valence-corrected chi connectivity index (χ3v) is 5.62. The summed E-state index contributed by atoms with van der Waals surface area (Å²) < 4.78 is 2.29. The maximum Gasteiger partial charge on any atom is 0.203 e. The average molecular weight is 384 g/mol. The summed E-state index contributed by atoms with van der Waals surface area (Å²) in [5.41, 5.74) is 6.66. The van der Waals surface area contributed by atoms with Crippen LogP contribution in [0.25, 0.3) is 22.2 Å². The van der Waals surface area contributed by atoms with E-state index in [2.05, 4.69) is 40.8 Å². The molecule has 0 aliphatic carbocycles. The summed E-state index contributed by atoms with van der Waals surface area (Å²) in [6, 6.07) is 4.35. The van der Waals surface area contributed by atoms with E-state index in [1.54, 1.807) is 0 Å². The highest BCUT2D eigenvalue weighted by atomic mass is 35.5. The largest absolute Gasteiger partial charge is 0.363 e. The van der Waals surface area contributed by atoms with Crippen molar-refractivity contribution in [2.75, 3.05) is 30.9 Å². The predicted molar refractivity (Wildman–Crippen MR) is 114 cm³/mol. The number of halogens is 1. The lowest BCUT2D eigenvalue weighted by molar-refractivity contribution is 0.640. The quantitative estimate of drug-likeness (QED) is 0.696. The van der Waals surface area contributed by atoms with Crippen LogP contribution >= 0.6 is 11.6 Å². The highest BCUT2D eigenvalue weighted by Crippen LogP contribution is 2.40. The van der Waals surface area contributed by atoms with E-state index in [0.717, 1.165) is 65.8 Å². The van der Waals surface area contributed by atoms with E-state index in [4.69, 9.17) is 16.6 Å². The molecule has 27 heavy (non-hydrogen) atoms. The second-order valence-corrected chi connectivity index (χ2v) is 7.84. The van der Waals surface area contributed by atoms with E-state index in [-0.39, 0.29) is 0 Å². The fourth-order valence-corrected chi connectivity index (χ4v) is 4.17. The van der Waals surface area contributed by atoms with Crippen LogP contribution in [0.2, 0.25) is 5.02 Å². The van der Waals surface area contributed by atoms with Gasteiger partial charge in [-0.15, -0.1) is 0 Å². The fourth-order valence-electron chi connectivity index (χ4n) is 3.88. The van der Waals surface area contributed by atoms with Crippen molar-refractivity contribution in [2.45, 2.75) is 39.7 Å². The average Bonchev–Trinajstić information content (AvgIpc) is 3.04. The van der Waals surface area contributed by atoms with E-state index in [9.17, 15) is 0 Å². The maximum absolute atomic E-state index is 6.90. The number of aryl methyl sites for hydroxylation is 3. The van der Waals surface area contributed by atoms with E-state index in [1.165, 1.54) is 16.6 Å². The Kier molecular flexibility index (Phi) is 4.72. The molecule has 0 atom stereocenters. The molecule has 5 nitrogen and oxygen atoms in total. The van der Waals surface area contributed by atoms with Gasteiger partial charge in [0, 0.05) is 44.5 Å². The molecule has 0 fully saturated rings. The van der Waals surface area contributed by atoms with Gasteiger partial charge >= 0.3 is 0 Å². The molecule has 1 N–H and O–H groups in total. The van der Waals surface area contributed by atoms with Gasteiger partial charge in [0.2, 0.25) is 5.95 Å². The van der Waals surface area contributed by atoms with E-state index in [1.807, 2.05) is 25.2 Å². The molecule has 4 rings (SSSR count). The lowest BCUT2D eigenvalue weighted by Gasteiger charge is -2.18. The first-order valence-electron chi connectivity index (χ1n) is 9.61. The molecule has 1 aromatic carbocycles. The van der Waals surface area contributed by atoms with Crippen LogP contribution in [0.5, 0.6) is 0 Å². The highest BCUT2D eigenvalue weighted by molar-refractivity contribution is 6.38. The number of pyridine rings is 1. The van der Waals surface area contributed by atoms with Gasteiger partial charge < -0.3 is 14.8 Å². The van der Waals surface area contributed by atoms with Crippen molar-refractivity contribution < 1.29 is 0 Å². The first-order valence-corrected chi connectivity index (χ1v) is 9.99. The second kappa shape index (κ2) is 7.04. The number of hydrogen-bond donors (Lipinski definition) is 1. The summed E-state index contributed by atoms with van der Waals surface area (Å²) in [6.07, 6.45) is 5.13. The Labute approximate surface area is 165 Å². The van der Waals surface area contributed by atoms with Crippen molar-refractivity contribution >= 4 is 34.4 Å². The lowest BCUT2D eigenvalue weighted by Crippen LogP contribution is -2.17. The van der Waals surface area contributed by atoms with Crippen LogP contribution in [0.15, 0.2) is 18.3 Å². The minimum absolute atomic E-state index is 0.719. The summed E-state index contributed by atoms with van der Waals surface area (Å²) in [7, 11) is 4.00. The van der Waals surface area contributed by atoms with Crippen LogP contribution in [-0.2, 0) is 13.0 Å². The molecule has 0 amide bonds. The molecule has 0 bridgehead atoms. The fraction of sp³-hybridized carbons (Fsp3) is 0.429. The number of nitrogens with zero attached hydrogens (tertiary/aromatic N) is 4. The van der Waals surface area contributed by atoms with Gasteiger partial charge in [0.25, 0.3) is 0 Å². The SMILES string of the molecule is CCCc1cc(-c2cnc(N(C)C)cc2C)c(Cl)c2nc3n(c12)CCCN3. The van der Waals surface area contributed by atoms with Gasteiger partial charge in [0.05, 0.1) is 10.5 Å². The summed E-state index contributed by atoms with van der Waals surface area (Å²) in [6.45, 7) is 6.28. The zero-order valence-electron chi connectivity index (χ0n) is 16.4. The smallest absolute Gasteiger partial charge is 0.203 e. The predicted octanol–water partition coefficient (Wildman–Crippen LogP) is 4.89. The molecular weight excluding hydrogens is 358 g/mol. The molecule has 2 aromatic heterocycles. The molecule has 1 aliphatic heterocycles. The number of aromatic nitrogens is 3. The molecule has 0 radical (unpaired) electrons. The van der Waals surface area contributed by atoms with Crippen LogP contribution < -0.4 is 10.2 Å². The van der Waals surface area contributed by atoms with Crippen LogP contribution in [0, 0.1) is 6.92 Å². The van der Waals surface area contributed by atoms with E-state index >= 15 is 0 Å². The van der Waals surface area contributed by atoms with Gasteiger partial charge in [-0.05, 0) is 43.0 Å². The molecular formula is C21H26ClN5. The van der Waals surface area contributed by atoms with E-state index in [0.29, 0.717) is 0 Å². The van der Waals surface area contributed by atoms with Crippen LogP contribution in [0.3, 0.4) is 0 Å². The molecule has 0 unspecified atom stereocenters. The summed E-state index contributed by atoms with van der Waals surface area (Å²) >= 11 is 6.90. The zero-order chi connectivity index (χ0) is 19.1. The molecule has 142 valence electrons. The lowest BCUT2D eigenvalue weighted by atomic mass is 9.97. The molecule has 3 aromatic rings. The molecule has 6 heteroatoms. The van der Waals surface area contributed by atoms with Gasteiger partial charge in [0.1, 0.15) is 11.3 Å². The second-order valence-electron chi connectivity index (χ2n) is 7.46. The monoisotopic (exact) mass is 383 g/mol. The van der Waals surface area contributed by atoms with Crippen molar-refractivity contribution in [2.24, 2.45) is 0 Å². The Bertz CT molecular complexity index is 1010. The van der Waals surface area contributed by atoms with Gasteiger partial charge in [-0.25, -0.2) is 9.97 Å². The standard InChI is InChI=1S/C21H26ClN5/c1-5-7-14-11-15(16-12-24-17(26(3)4)10-13(16)2)18(22)19-20(14)27-9-6-8-23-21(27)25-19/h10-12H,5-9H2,1-4H3,(H,23,25). The van der Waals surface area contributed by atoms with E-state index < -0.39 is 0 Å². The van der Waals surface area contributed by atoms with Gasteiger partial charge in [0.15, 0.2) is 0 Å².